The Hall–Kier alpha value is -1.91. The van der Waals surface area contributed by atoms with Gasteiger partial charge in [-0.2, -0.15) is 0 Å². The van der Waals surface area contributed by atoms with Gasteiger partial charge in [-0.05, 0) is 30.4 Å². The number of benzene rings is 2. The fourth-order valence-corrected chi connectivity index (χ4v) is 2.61. The van der Waals surface area contributed by atoms with Crippen molar-refractivity contribution in [1.82, 2.24) is 9.55 Å². The number of H-pyrrole nitrogens is 1. The molecule has 1 heterocycles. The van der Waals surface area contributed by atoms with Crippen LogP contribution < -0.4 is 0 Å². The van der Waals surface area contributed by atoms with Gasteiger partial charge in [0.15, 0.2) is 4.77 Å². The van der Waals surface area contributed by atoms with Crippen LogP contribution >= 0.6 is 12.2 Å². The standard InChI is InChI=1S/C15H14N2OS/c1-18-10-11-6-2-4-8-13(11)17-14-9-5-3-7-12(14)16-15(17)19/h2-9H,10H2,1H3,(H,16,19). The maximum Gasteiger partial charge on any atom is 0.182 e. The Bertz CT molecular complexity index is 773. The molecule has 0 aliphatic heterocycles. The third-order valence-corrected chi connectivity index (χ3v) is 3.41. The van der Waals surface area contributed by atoms with Gasteiger partial charge in [0.1, 0.15) is 0 Å². The summed E-state index contributed by atoms with van der Waals surface area (Å²) in [6.07, 6.45) is 0. The molecule has 0 fully saturated rings. The highest BCUT2D eigenvalue weighted by molar-refractivity contribution is 7.71. The lowest BCUT2D eigenvalue weighted by atomic mass is 10.2. The Labute approximate surface area is 116 Å². The van der Waals surface area contributed by atoms with Crippen LogP contribution in [0.4, 0.5) is 0 Å². The lowest BCUT2D eigenvalue weighted by molar-refractivity contribution is 0.185. The molecule has 1 N–H and O–H groups in total. The number of hydrogen-bond acceptors (Lipinski definition) is 2. The quantitative estimate of drug-likeness (QED) is 0.733. The largest absolute Gasteiger partial charge is 0.380 e. The number of nitrogens with one attached hydrogen (secondary N) is 1. The van der Waals surface area contributed by atoms with Crippen molar-refractivity contribution in [2.45, 2.75) is 6.61 Å². The summed E-state index contributed by atoms with van der Waals surface area (Å²) in [5.41, 5.74) is 4.30. The number of methoxy groups -OCH3 is 1. The second kappa shape index (κ2) is 4.99. The van der Waals surface area contributed by atoms with Crippen molar-refractivity contribution in [2.75, 3.05) is 7.11 Å². The summed E-state index contributed by atoms with van der Waals surface area (Å²) in [4.78, 5) is 3.23. The highest BCUT2D eigenvalue weighted by Crippen LogP contribution is 2.22. The maximum absolute atomic E-state index is 5.45. The van der Waals surface area contributed by atoms with E-state index in [1.807, 2.05) is 30.3 Å². The molecule has 0 bridgehead atoms. The summed E-state index contributed by atoms with van der Waals surface area (Å²) < 4.78 is 8.01. The van der Waals surface area contributed by atoms with Gasteiger partial charge in [-0.25, -0.2) is 0 Å². The molecule has 96 valence electrons. The molecule has 0 saturated carbocycles. The van der Waals surface area contributed by atoms with Crippen LogP contribution in [0, 0.1) is 4.77 Å². The summed E-state index contributed by atoms with van der Waals surface area (Å²) in [6, 6.07) is 16.2. The number of para-hydroxylation sites is 3. The Morgan fingerprint density at radius 2 is 1.84 bits per heavy atom. The molecule has 0 spiro atoms. The molecule has 1 aromatic heterocycles. The molecule has 0 aliphatic carbocycles. The van der Waals surface area contributed by atoms with Gasteiger partial charge in [0.05, 0.1) is 23.3 Å². The van der Waals surface area contributed by atoms with Gasteiger partial charge in [0.25, 0.3) is 0 Å². The Balaban J connectivity index is 2.30. The average molecular weight is 270 g/mol. The predicted octanol–water partition coefficient (Wildman–Crippen LogP) is 3.83. The monoisotopic (exact) mass is 270 g/mol. The van der Waals surface area contributed by atoms with E-state index >= 15 is 0 Å². The molecule has 4 heteroatoms. The third kappa shape index (κ3) is 2.09. The number of aromatic nitrogens is 2. The molecule has 0 amide bonds. The third-order valence-electron chi connectivity index (χ3n) is 3.12. The van der Waals surface area contributed by atoms with Crippen LogP contribution in [0.15, 0.2) is 48.5 Å². The second-order valence-corrected chi connectivity index (χ2v) is 4.73. The number of nitrogens with zero attached hydrogens (tertiary/aromatic N) is 1. The number of ether oxygens (including phenoxy) is 1. The van der Waals surface area contributed by atoms with Gasteiger partial charge in [0, 0.05) is 12.7 Å². The van der Waals surface area contributed by atoms with Gasteiger partial charge in [-0.1, -0.05) is 30.3 Å². The van der Waals surface area contributed by atoms with Crippen molar-refractivity contribution < 1.29 is 4.74 Å². The van der Waals surface area contributed by atoms with E-state index in [9.17, 15) is 0 Å². The van der Waals surface area contributed by atoms with Crippen LogP contribution in [-0.2, 0) is 11.3 Å². The van der Waals surface area contributed by atoms with E-state index in [-0.39, 0.29) is 0 Å². The number of aromatic amines is 1. The lowest BCUT2D eigenvalue weighted by Gasteiger charge is -2.10. The molecular formula is C15H14N2OS. The zero-order valence-electron chi connectivity index (χ0n) is 10.6. The van der Waals surface area contributed by atoms with E-state index in [0.29, 0.717) is 11.4 Å². The van der Waals surface area contributed by atoms with Gasteiger partial charge >= 0.3 is 0 Å². The van der Waals surface area contributed by atoms with Crippen LogP contribution in [0.5, 0.6) is 0 Å². The van der Waals surface area contributed by atoms with Crippen LogP contribution in [0.1, 0.15) is 5.56 Å². The molecule has 0 atom stereocenters. The maximum atomic E-state index is 5.45. The highest BCUT2D eigenvalue weighted by Gasteiger charge is 2.09. The Kier molecular flexibility index (Phi) is 3.19. The fraction of sp³-hybridized carbons (Fsp3) is 0.133. The molecule has 0 aliphatic rings. The van der Waals surface area contributed by atoms with Crippen molar-refractivity contribution in [1.29, 1.82) is 0 Å². The highest BCUT2D eigenvalue weighted by atomic mass is 32.1. The first-order valence-electron chi connectivity index (χ1n) is 6.08. The van der Waals surface area contributed by atoms with Crippen molar-refractivity contribution in [3.05, 3.63) is 58.9 Å². The zero-order valence-corrected chi connectivity index (χ0v) is 11.4. The summed E-state index contributed by atoms with van der Waals surface area (Å²) in [7, 11) is 1.70. The van der Waals surface area contributed by atoms with Crippen molar-refractivity contribution >= 4 is 23.3 Å². The van der Waals surface area contributed by atoms with Crippen LogP contribution in [-0.4, -0.2) is 16.7 Å². The second-order valence-electron chi connectivity index (χ2n) is 4.34. The Morgan fingerprint density at radius 1 is 1.11 bits per heavy atom. The molecule has 3 nitrogen and oxygen atoms in total. The Morgan fingerprint density at radius 3 is 2.68 bits per heavy atom. The van der Waals surface area contributed by atoms with E-state index in [4.69, 9.17) is 17.0 Å². The SMILES string of the molecule is COCc1ccccc1-n1c(=S)[nH]c2ccccc21. The molecule has 3 aromatic rings. The molecule has 0 unspecified atom stereocenters. The van der Waals surface area contributed by atoms with Gasteiger partial charge < -0.3 is 9.72 Å². The van der Waals surface area contributed by atoms with Gasteiger partial charge in [-0.3, -0.25) is 4.57 Å². The number of hydrogen-bond donors (Lipinski definition) is 1. The zero-order chi connectivity index (χ0) is 13.2. The minimum Gasteiger partial charge on any atom is -0.380 e. The number of fused-ring (bicyclic) bond motifs is 1. The molecular weight excluding hydrogens is 256 g/mol. The summed E-state index contributed by atoms with van der Waals surface area (Å²) >= 11 is 5.45. The smallest absolute Gasteiger partial charge is 0.182 e. The fourth-order valence-electron chi connectivity index (χ4n) is 2.30. The number of rotatable bonds is 3. The van der Waals surface area contributed by atoms with Crippen LogP contribution in [0.25, 0.3) is 16.7 Å². The molecule has 2 aromatic carbocycles. The predicted molar refractivity (Wildman–Crippen MR) is 79.2 cm³/mol. The van der Waals surface area contributed by atoms with Crippen LogP contribution in [0.2, 0.25) is 0 Å². The minimum atomic E-state index is 0.567. The van der Waals surface area contributed by atoms with Crippen molar-refractivity contribution in [2.24, 2.45) is 0 Å². The van der Waals surface area contributed by atoms with Gasteiger partial charge in [0.2, 0.25) is 0 Å². The molecule has 0 radical (unpaired) electrons. The summed E-state index contributed by atoms with van der Waals surface area (Å²) in [5.74, 6) is 0. The molecule has 0 saturated heterocycles. The first-order chi connectivity index (χ1) is 9.31. The van der Waals surface area contributed by atoms with E-state index < -0.39 is 0 Å². The van der Waals surface area contributed by atoms with E-state index in [1.165, 1.54) is 0 Å². The molecule has 3 rings (SSSR count). The minimum absolute atomic E-state index is 0.567. The van der Waals surface area contributed by atoms with Crippen molar-refractivity contribution in [3.63, 3.8) is 0 Å². The topological polar surface area (TPSA) is 29.9 Å². The normalized spacial score (nSPS) is 11.0. The average Bonchev–Trinajstić information content (AvgIpc) is 2.76. The van der Waals surface area contributed by atoms with Crippen molar-refractivity contribution in [3.8, 4) is 5.69 Å². The van der Waals surface area contributed by atoms with E-state index in [1.54, 1.807) is 7.11 Å². The summed E-state index contributed by atoms with van der Waals surface area (Å²) in [6.45, 7) is 0.567. The summed E-state index contributed by atoms with van der Waals surface area (Å²) in [5, 5.41) is 0. The first kappa shape index (κ1) is 12.1. The van der Waals surface area contributed by atoms with Crippen LogP contribution in [0.3, 0.4) is 0 Å². The van der Waals surface area contributed by atoms with E-state index in [0.717, 1.165) is 22.3 Å². The molecule has 19 heavy (non-hydrogen) atoms. The lowest BCUT2D eigenvalue weighted by Crippen LogP contribution is -2.00. The first-order valence-corrected chi connectivity index (χ1v) is 6.49. The van der Waals surface area contributed by atoms with E-state index in [2.05, 4.69) is 27.8 Å². The number of imidazole rings is 1. The van der Waals surface area contributed by atoms with Gasteiger partial charge in [-0.15, -0.1) is 0 Å².